The second-order valence-electron chi connectivity index (χ2n) is 17.4. The molecule has 2 N–H and O–H groups in total. The molecule has 0 bridgehead atoms. The van der Waals surface area contributed by atoms with Gasteiger partial charge in [0.25, 0.3) is 11.8 Å². The first-order chi connectivity index (χ1) is 32.7. The molecule has 2 amide bonds. The topological polar surface area (TPSA) is 120 Å². The van der Waals surface area contributed by atoms with Gasteiger partial charge in [0, 0.05) is 34.5 Å². The van der Waals surface area contributed by atoms with Gasteiger partial charge in [0.2, 0.25) is 0 Å². The Labute approximate surface area is 385 Å². The number of benzene rings is 4. The van der Waals surface area contributed by atoms with Crippen molar-refractivity contribution in [3.05, 3.63) is 156 Å². The number of imidazole rings is 2. The van der Waals surface area contributed by atoms with Gasteiger partial charge in [0.05, 0.1) is 29.7 Å². The Kier molecular flexibility index (Phi) is 12.2. The number of hydrogen-bond donors (Lipinski definition) is 2. The number of hydrogen-bond acceptors (Lipinski definition) is 6. The Balaban J connectivity index is 0.915. The molecule has 0 saturated heterocycles. The molecular formula is C54H49F3N6O4. The summed E-state index contributed by atoms with van der Waals surface area (Å²) in [5.41, 5.74) is 5.71. The number of furan rings is 2. The number of amides is 2. The van der Waals surface area contributed by atoms with Crippen LogP contribution in [0.2, 0.25) is 0 Å². The standard InChI is InChI=1S/C54H49F3N6O4/c1-2-33-11-9-10-16-43(33)60-53(64)47-27-26-46(67-47)52-50(59-32-63(52)39-14-7-4-8-15-39)36-19-23-41(56)40(29-36)35-20-24-44(42(57)30-35)61-54(65)48-28-25-45(66-48)51-49(34-17-21-37(55)22-18-34)58-31-62(51)38-12-5-3-6-13-38/h9-11,16-32,38-39H,2-8,12-15H2,1H3,(H,60,64)(H,61,65). The van der Waals surface area contributed by atoms with E-state index in [-0.39, 0.29) is 52.1 Å². The van der Waals surface area contributed by atoms with Gasteiger partial charge in [-0.3, -0.25) is 9.59 Å². The van der Waals surface area contributed by atoms with Crippen molar-refractivity contribution in [2.75, 3.05) is 10.6 Å². The summed E-state index contributed by atoms with van der Waals surface area (Å²) in [5.74, 6) is -1.85. The fraction of sp³-hybridized carbons (Fsp3) is 0.259. The van der Waals surface area contributed by atoms with Gasteiger partial charge in [0.1, 0.15) is 28.8 Å². The highest BCUT2D eigenvalue weighted by atomic mass is 19.1. The van der Waals surface area contributed by atoms with E-state index in [2.05, 4.69) is 19.8 Å². The zero-order chi connectivity index (χ0) is 46.0. The van der Waals surface area contributed by atoms with Crippen LogP contribution in [0, 0.1) is 17.5 Å². The summed E-state index contributed by atoms with van der Waals surface area (Å²) in [5, 5.41) is 5.60. The molecule has 340 valence electrons. The van der Waals surface area contributed by atoms with E-state index in [0.717, 1.165) is 76.2 Å². The quantitative estimate of drug-likeness (QED) is 0.126. The summed E-state index contributed by atoms with van der Waals surface area (Å²) in [7, 11) is 0. The van der Waals surface area contributed by atoms with Crippen molar-refractivity contribution in [2.45, 2.75) is 89.6 Å². The van der Waals surface area contributed by atoms with E-state index < -0.39 is 17.5 Å². The van der Waals surface area contributed by atoms with Gasteiger partial charge in [-0.05, 0) is 128 Å². The molecule has 0 aliphatic heterocycles. The van der Waals surface area contributed by atoms with Gasteiger partial charge in [-0.15, -0.1) is 0 Å². The Morgan fingerprint density at radius 2 is 1.12 bits per heavy atom. The molecule has 2 fully saturated rings. The average molecular weight is 903 g/mol. The minimum atomic E-state index is -0.776. The molecule has 4 aromatic carbocycles. The molecule has 10 nitrogen and oxygen atoms in total. The number of anilines is 2. The van der Waals surface area contributed by atoms with Crippen LogP contribution in [0.5, 0.6) is 0 Å². The van der Waals surface area contributed by atoms with Gasteiger partial charge in [-0.25, -0.2) is 23.1 Å². The molecule has 4 heterocycles. The molecule has 2 saturated carbocycles. The first-order valence-corrected chi connectivity index (χ1v) is 23.1. The average Bonchev–Trinajstić information content (AvgIpc) is 4.20. The summed E-state index contributed by atoms with van der Waals surface area (Å²) in [6.07, 6.45) is 14.8. The molecule has 0 atom stereocenters. The fourth-order valence-electron chi connectivity index (χ4n) is 9.68. The summed E-state index contributed by atoms with van der Waals surface area (Å²) in [4.78, 5) is 36.6. The molecule has 4 aromatic heterocycles. The van der Waals surface area contributed by atoms with Crippen molar-refractivity contribution in [1.82, 2.24) is 19.1 Å². The highest BCUT2D eigenvalue weighted by Crippen LogP contribution is 2.42. The van der Waals surface area contributed by atoms with Crippen LogP contribution in [0.4, 0.5) is 24.5 Å². The zero-order valence-electron chi connectivity index (χ0n) is 37.0. The highest BCUT2D eigenvalue weighted by Gasteiger charge is 2.28. The third-order valence-corrected chi connectivity index (χ3v) is 13.2. The van der Waals surface area contributed by atoms with E-state index in [9.17, 15) is 14.0 Å². The second kappa shape index (κ2) is 18.8. The van der Waals surface area contributed by atoms with Crippen LogP contribution in [-0.4, -0.2) is 30.9 Å². The van der Waals surface area contributed by atoms with Crippen molar-refractivity contribution < 1.29 is 31.6 Å². The van der Waals surface area contributed by atoms with Crippen LogP contribution in [0.25, 0.3) is 56.6 Å². The minimum absolute atomic E-state index is 0.0479. The Bertz CT molecular complexity index is 3080. The maximum atomic E-state index is 16.0. The lowest BCUT2D eigenvalue weighted by molar-refractivity contribution is 0.0990. The summed E-state index contributed by atoms with van der Waals surface area (Å²) in [6.45, 7) is 2.03. The molecule has 67 heavy (non-hydrogen) atoms. The number of aryl methyl sites for hydroxylation is 1. The Hall–Kier alpha value is -7.41. The van der Waals surface area contributed by atoms with Crippen LogP contribution in [-0.2, 0) is 6.42 Å². The molecule has 2 aliphatic rings. The van der Waals surface area contributed by atoms with E-state index >= 15 is 8.78 Å². The summed E-state index contributed by atoms with van der Waals surface area (Å²) in [6, 6.07) is 29.4. The van der Waals surface area contributed by atoms with E-state index in [0.29, 0.717) is 51.1 Å². The third kappa shape index (κ3) is 8.85. The van der Waals surface area contributed by atoms with Crippen molar-refractivity contribution in [3.63, 3.8) is 0 Å². The lowest BCUT2D eigenvalue weighted by atomic mass is 9.94. The van der Waals surface area contributed by atoms with Crippen LogP contribution >= 0.6 is 0 Å². The zero-order valence-corrected chi connectivity index (χ0v) is 37.0. The third-order valence-electron chi connectivity index (χ3n) is 13.2. The Morgan fingerprint density at radius 3 is 1.70 bits per heavy atom. The van der Waals surface area contributed by atoms with Crippen LogP contribution < -0.4 is 10.6 Å². The normalized spacial score (nSPS) is 14.6. The van der Waals surface area contributed by atoms with Crippen LogP contribution in [0.3, 0.4) is 0 Å². The van der Waals surface area contributed by atoms with Crippen molar-refractivity contribution >= 4 is 23.2 Å². The number of carbonyl (C=O) groups is 2. The monoisotopic (exact) mass is 902 g/mol. The summed E-state index contributed by atoms with van der Waals surface area (Å²) < 4.78 is 62.3. The molecular weight excluding hydrogens is 854 g/mol. The number of rotatable bonds is 12. The molecule has 13 heteroatoms. The van der Waals surface area contributed by atoms with Crippen molar-refractivity contribution in [3.8, 4) is 56.6 Å². The highest BCUT2D eigenvalue weighted by molar-refractivity contribution is 6.04. The minimum Gasteiger partial charge on any atom is -0.449 e. The predicted molar refractivity (Wildman–Crippen MR) is 252 cm³/mol. The van der Waals surface area contributed by atoms with Gasteiger partial charge >= 0.3 is 0 Å². The van der Waals surface area contributed by atoms with E-state index in [4.69, 9.17) is 18.8 Å². The molecule has 0 radical (unpaired) electrons. The Morgan fingerprint density at radius 1 is 0.582 bits per heavy atom. The lowest BCUT2D eigenvalue weighted by Gasteiger charge is -2.24. The van der Waals surface area contributed by atoms with Gasteiger partial charge < -0.3 is 28.6 Å². The SMILES string of the molecule is CCc1ccccc1NC(=O)c1ccc(-c2c(-c3ccc(F)c(-c4ccc(NC(=O)c5ccc(-c6c(-c7ccc(F)cc7)ncn6C6CCCCC6)o5)c(F)c4)c3)ncn2C2CCCCC2)o1. The van der Waals surface area contributed by atoms with Gasteiger partial charge in [0.15, 0.2) is 23.0 Å². The molecule has 0 spiro atoms. The second-order valence-corrected chi connectivity index (χ2v) is 17.4. The van der Waals surface area contributed by atoms with Gasteiger partial charge in [-0.1, -0.05) is 69.7 Å². The van der Waals surface area contributed by atoms with Crippen molar-refractivity contribution in [1.29, 1.82) is 0 Å². The van der Waals surface area contributed by atoms with E-state index in [1.807, 2.05) is 31.2 Å². The molecule has 2 aliphatic carbocycles. The number of nitrogens with one attached hydrogen (secondary N) is 2. The number of halogens is 3. The summed E-state index contributed by atoms with van der Waals surface area (Å²) >= 11 is 0. The number of para-hydroxylation sites is 1. The first-order valence-electron chi connectivity index (χ1n) is 23.1. The molecule has 10 rings (SSSR count). The predicted octanol–water partition coefficient (Wildman–Crippen LogP) is 14.1. The molecule has 8 aromatic rings. The van der Waals surface area contributed by atoms with E-state index in [1.54, 1.807) is 61.2 Å². The first kappa shape index (κ1) is 43.5. The smallest absolute Gasteiger partial charge is 0.291 e. The number of carbonyl (C=O) groups excluding carboxylic acids is 2. The maximum Gasteiger partial charge on any atom is 0.291 e. The fourth-order valence-corrected chi connectivity index (χ4v) is 9.68. The number of nitrogens with zero attached hydrogens (tertiary/aromatic N) is 4. The van der Waals surface area contributed by atoms with Gasteiger partial charge in [-0.2, -0.15) is 0 Å². The van der Waals surface area contributed by atoms with Crippen LogP contribution in [0.15, 0.2) is 131 Å². The van der Waals surface area contributed by atoms with Crippen molar-refractivity contribution in [2.24, 2.45) is 0 Å². The maximum absolute atomic E-state index is 16.0. The van der Waals surface area contributed by atoms with E-state index in [1.165, 1.54) is 36.4 Å². The largest absolute Gasteiger partial charge is 0.449 e. The molecule has 0 unspecified atom stereocenters. The lowest BCUT2D eigenvalue weighted by Crippen LogP contribution is -2.13. The van der Waals surface area contributed by atoms with Crippen LogP contribution in [0.1, 0.15) is 110 Å². The number of aromatic nitrogens is 4.